The number of anilines is 1. The lowest BCUT2D eigenvalue weighted by Gasteiger charge is -2.02. The van der Waals surface area contributed by atoms with Crippen molar-refractivity contribution in [1.82, 2.24) is 14.8 Å². The summed E-state index contributed by atoms with van der Waals surface area (Å²) in [5.74, 6) is 0.851. The Bertz CT molecular complexity index is 435. The lowest BCUT2D eigenvalue weighted by Crippen LogP contribution is -2.02. The van der Waals surface area contributed by atoms with Crippen molar-refractivity contribution in [2.24, 2.45) is 7.05 Å². The molecule has 0 spiro atoms. The zero-order chi connectivity index (χ0) is 10.7. The molecule has 0 amide bonds. The number of nitrogens with zero attached hydrogens (tertiary/aromatic N) is 3. The zero-order valence-electron chi connectivity index (χ0n) is 8.31. The summed E-state index contributed by atoms with van der Waals surface area (Å²) < 4.78 is 2.76. The Hall–Kier alpha value is -1.36. The molecule has 1 N–H and O–H groups in total. The molecule has 0 atom stereocenters. The fourth-order valence-corrected chi connectivity index (χ4v) is 1.45. The van der Waals surface area contributed by atoms with E-state index < -0.39 is 0 Å². The summed E-state index contributed by atoms with van der Waals surface area (Å²) in [5, 5.41) is 7.45. The second-order valence-electron chi connectivity index (χ2n) is 3.20. The number of hydrogen-bond donors (Lipinski definition) is 1. The summed E-state index contributed by atoms with van der Waals surface area (Å²) in [5.41, 5.74) is 1.00. The van der Waals surface area contributed by atoms with Crippen LogP contribution in [0.25, 0.3) is 0 Å². The van der Waals surface area contributed by atoms with E-state index in [1.54, 1.807) is 10.9 Å². The maximum absolute atomic E-state index is 4.26. The standard InChI is InChI=1S/C10H11BrN4/c1-15-5-4-9(14-15)7-13-10-3-2-8(11)6-12-10/h2-6H,7H2,1H3,(H,12,13). The SMILES string of the molecule is Cn1ccc(CNc2ccc(Br)cn2)n1. The third-order valence-electron chi connectivity index (χ3n) is 1.95. The predicted molar refractivity (Wildman–Crippen MR) is 62.5 cm³/mol. The first-order chi connectivity index (χ1) is 7.24. The molecular weight excluding hydrogens is 256 g/mol. The van der Waals surface area contributed by atoms with Gasteiger partial charge in [0.05, 0.1) is 12.2 Å². The topological polar surface area (TPSA) is 42.7 Å². The van der Waals surface area contributed by atoms with E-state index in [0.29, 0.717) is 6.54 Å². The molecule has 0 unspecified atom stereocenters. The zero-order valence-corrected chi connectivity index (χ0v) is 9.90. The van der Waals surface area contributed by atoms with Crippen LogP contribution in [0.15, 0.2) is 35.1 Å². The molecule has 0 aliphatic carbocycles. The largest absolute Gasteiger partial charge is 0.364 e. The van der Waals surface area contributed by atoms with E-state index in [0.717, 1.165) is 16.0 Å². The van der Waals surface area contributed by atoms with E-state index >= 15 is 0 Å². The Morgan fingerprint density at radius 1 is 1.40 bits per heavy atom. The normalized spacial score (nSPS) is 10.3. The molecule has 15 heavy (non-hydrogen) atoms. The summed E-state index contributed by atoms with van der Waals surface area (Å²) in [4.78, 5) is 4.21. The molecular formula is C10H11BrN4. The van der Waals surface area contributed by atoms with Crippen LogP contribution in [0.2, 0.25) is 0 Å². The fourth-order valence-electron chi connectivity index (χ4n) is 1.22. The van der Waals surface area contributed by atoms with Gasteiger partial charge in [-0.2, -0.15) is 5.10 Å². The van der Waals surface area contributed by atoms with Crippen molar-refractivity contribution in [3.8, 4) is 0 Å². The van der Waals surface area contributed by atoms with Gasteiger partial charge in [0.25, 0.3) is 0 Å². The number of aryl methyl sites for hydroxylation is 1. The van der Waals surface area contributed by atoms with Gasteiger partial charge in [-0.3, -0.25) is 4.68 Å². The van der Waals surface area contributed by atoms with Gasteiger partial charge in [0.2, 0.25) is 0 Å². The van der Waals surface area contributed by atoms with Crippen LogP contribution >= 0.6 is 15.9 Å². The Kier molecular flexibility index (Phi) is 3.01. The molecule has 2 heterocycles. The molecule has 0 aromatic carbocycles. The average molecular weight is 267 g/mol. The second kappa shape index (κ2) is 4.44. The highest BCUT2D eigenvalue weighted by Crippen LogP contribution is 2.10. The van der Waals surface area contributed by atoms with Crippen LogP contribution in [0.5, 0.6) is 0 Å². The first-order valence-electron chi connectivity index (χ1n) is 4.58. The summed E-state index contributed by atoms with van der Waals surface area (Å²) >= 11 is 3.34. The van der Waals surface area contributed by atoms with E-state index in [4.69, 9.17) is 0 Å². The lowest BCUT2D eigenvalue weighted by molar-refractivity contribution is 0.747. The molecule has 0 bridgehead atoms. The van der Waals surface area contributed by atoms with Gasteiger partial charge in [0.15, 0.2) is 0 Å². The van der Waals surface area contributed by atoms with Crippen LogP contribution in [0.1, 0.15) is 5.69 Å². The Balaban J connectivity index is 1.96. The average Bonchev–Trinajstić information content (AvgIpc) is 2.64. The highest BCUT2D eigenvalue weighted by molar-refractivity contribution is 9.10. The van der Waals surface area contributed by atoms with Gasteiger partial charge in [-0.15, -0.1) is 0 Å². The molecule has 2 rings (SSSR count). The fraction of sp³-hybridized carbons (Fsp3) is 0.200. The van der Waals surface area contributed by atoms with Crippen LogP contribution in [-0.2, 0) is 13.6 Å². The van der Waals surface area contributed by atoms with Gasteiger partial charge in [-0.1, -0.05) is 0 Å². The third-order valence-corrected chi connectivity index (χ3v) is 2.42. The van der Waals surface area contributed by atoms with Gasteiger partial charge in [0, 0.05) is 23.9 Å². The molecule has 0 saturated carbocycles. The molecule has 0 aliphatic heterocycles. The smallest absolute Gasteiger partial charge is 0.126 e. The monoisotopic (exact) mass is 266 g/mol. The molecule has 5 heteroatoms. The molecule has 2 aromatic rings. The molecule has 0 aliphatic rings. The van der Waals surface area contributed by atoms with E-state index in [1.807, 2.05) is 31.4 Å². The van der Waals surface area contributed by atoms with Gasteiger partial charge >= 0.3 is 0 Å². The van der Waals surface area contributed by atoms with Crippen molar-refractivity contribution in [1.29, 1.82) is 0 Å². The Morgan fingerprint density at radius 3 is 2.87 bits per heavy atom. The van der Waals surface area contributed by atoms with Crippen molar-refractivity contribution in [2.75, 3.05) is 5.32 Å². The molecule has 2 aromatic heterocycles. The molecule has 0 radical (unpaired) electrons. The predicted octanol–water partition coefficient (Wildman–Crippen LogP) is 2.19. The molecule has 78 valence electrons. The molecule has 0 fully saturated rings. The van der Waals surface area contributed by atoms with E-state index in [9.17, 15) is 0 Å². The van der Waals surface area contributed by atoms with Crippen molar-refractivity contribution in [2.45, 2.75) is 6.54 Å². The van der Waals surface area contributed by atoms with E-state index in [2.05, 4.69) is 31.3 Å². The number of aromatic nitrogens is 3. The quantitative estimate of drug-likeness (QED) is 0.926. The number of rotatable bonds is 3. The van der Waals surface area contributed by atoms with Crippen LogP contribution < -0.4 is 5.32 Å². The minimum absolute atomic E-state index is 0.690. The van der Waals surface area contributed by atoms with Crippen LogP contribution in [-0.4, -0.2) is 14.8 Å². The first kappa shape index (κ1) is 10.2. The lowest BCUT2D eigenvalue weighted by atomic mass is 10.4. The summed E-state index contributed by atoms with van der Waals surface area (Å²) in [6.07, 6.45) is 3.69. The van der Waals surface area contributed by atoms with Crippen molar-refractivity contribution < 1.29 is 0 Å². The highest BCUT2D eigenvalue weighted by Gasteiger charge is 1.97. The first-order valence-corrected chi connectivity index (χ1v) is 5.37. The number of halogens is 1. The maximum atomic E-state index is 4.26. The summed E-state index contributed by atoms with van der Waals surface area (Å²) in [7, 11) is 1.90. The van der Waals surface area contributed by atoms with E-state index in [-0.39, 0.29) is 0 Å². The molecule has 0 saturated heterocycles. The second-order valence-corrected chi connectivity index (χ2v) is 4.11. The number of pyridine rings is 1. The van der Waals surface area contributed by atoms with Gasteiger partial charge in [-0.25, -0.2) is 4.98 Å². The van der Waals surface area contributed by atoms with Crippen molar-refractivity contribution in [3.63, 3.8) is 0 Å². The van der Waals surface area contributed by atoms with E-state index in [1.165, 1.54) is 0 Å². The number of hydrogen-bond acceptors (Lipinski definition) is 3. The van der Waals surface area contributed by atoms with Gasteiger partial charge in [0.1, 0.15) is 5.82 Å². The minimum Gasteiger partial charge on any atom is -0.364 e. The summed E-state index contributed by atoms with van der Waals surface area (Å²) in [6.45, 7) is 0.690. The third kappa shape index (κ3) is 2.79. The summed E-state index contributed by atoms with van der Waals surface area (Å²) in [6, 6.07) is 5.85. The Morgan fingerprint density at radius 2 is 2.27 bits per heavy atom. The van der Waals surface area contributed by atoms with Crippen molar-refractivity contribution in [3.05, 3.63) is 40.8 Å². The van der Waals surface area contributed by atoms with Crippen LogP contribution in [0.3, 0.4) is 0 Å². The minimum atomic E-state index is 0.690. The van der Waals surface area contributed by atoms with Gasteiger partial charge < -0.3 is 5.32 Å². The highest BCUT2D eigenvalue weighted by atomic mass is 79.9. The molecule has 4 nitrogen and oxygen atoms in total. The van der Waals surface area contributed by atoms with Crippen LogP contribution in [0, 0.1) is 0 Å². The van der Waals surface area contributed by atoms with Crippen molar-refractivity contribution >= 4 is 21.7 Å². The van der Waals surface area contributed by atoms with Gasteiger partial charge in [-0.05, 0) is 34.1 Å². The number of nitrogens with one attached hydrogen (secondary N) is 1. The Labute approximate surface area is 96.5 Å². The maximum Gasteiger partial charge on any atom is 0.126 e. The van der Waals surface area contributed by atoms with Crippen LogP contribution in [0.4, 0.5) is 5.82 Å².